The number of benzene rings is 2. The largest absolute Gasteiger partial charge is 0.396 e. The van der Waals surface area contributed by atoms with Gasteiger partial charge in [0.2, 0.25) is 0 Å². The highest BCUT2D eigenvalue weighted by Gasteiger charge is 2.35. The number of thioether (sulfide) groups is 1. The molecule has 4 aromatic rings. The maximum Gasteiger partial charge on any atom is 0.256 e. The summed E-state index contributed by atoms with van der Waals surface area (Å²) >= 11 is 8.46. The third kappa shape index (κ3) is 7.51. The number of aliphatic imine (C=N–C) groups is 1. The Bertz CT molecular complexity index is 1860. The van der Waals surface area contributed by atoms with Gasteiger partial charge in [0, 0.05) is 36.5 Å². The molecule has 8 nitrogen and oxygen atoms in total. The van der Waals surface area contributed by atoms with E-state index < -0.39 is 12.2 Å². The molecule has 1 amide bonds. The van der Waals surface area contributed by atoms with Gasteiger partial charge in [0.15, 0.2) is 6.04 Å². The van der Waals surface area contributed by atoms with Gasteiger partial charge >= 0.3 is 0 Å². The SMILES string of the molecule is Cc1c(-c2ccc(CCCCCC3CCC(CO)CC3)cc2)cc(Cl)c2cn(C(C(=O)NC3=NC=CSC3)c3ncn4c3C[C@@H](F)C4)nc12. The molecular formula is C38H44ClFN6O2S. The van der Waals surface area contributed by atoms with Crippen molar-refractivity contribution in [2.45, 2.75) is 89.9 Å². The van der Waals surface area contributed by atoms with Crippen molar-refractivity contribution in [2.24, 2.45) is 16.8 Å². The van der Waals surface area contributed by atoms with Crippen LogP contribution in [0.1, 0.15) is 79.9 Å². The van der Waals surface area contributed by atoms with Crippen molar-refractivity contribution in [3.8, 4) is 11.1 Å². The molecule has 11 heteroatoms. The number of halogens is 2. The van der Waals surface area contributed by atoms with E-state index in [0.717, 1.165) is 34.4 Å². The summed E-state index contributed by atoms with van der Waals surface area (Å²) in [5.41, 5.74) is 6.26. The zero-order valence-electron chi connectivity index (χ0n) is 28.0. The van der Waals surface area contributed by atoms with Crippen LogP contribution < -0.4 is 5.32 Å². The normalized spacial score (nSPS) is 21.1. The summed E-state index contributed by atoms with van der Waals surface area (Å²) < 4.78 is 17.8. The van der Waals surface area contributed by atoms with Crippen molar-refractivity contribution >= 4 is 46.0 Å². The number of hydrogen-bond acceptors (Lipinski definition) is 6. The van der Waals surface area contributed by atoms with E-state index >= 15 is 0 Å². The van der Waals surface area contributed by atoms with Gasteiger partial charge in [-0.2, -0.15) is 5.10 Å². The molecule has 0 bridgehead atoms. The van der Waals surface area contributed by atoms with Crippen LogP contribution in [0.5, 0.6) is 0 Å². The number of unbranched alkanes of at least 4 members (excludes halogenated alkanes) is 2. The molecule has 2 N–H and O–H groups in total. The number of hydrogen-bond donors (Lipinski definition) is 2. The first-order chi connectivity index (χ1) is 23.9. The monoisotopic (exact) mass is 702 g/mol. The van der Waals surface area contributed by atoms with E-state index in [1.54, 1.807) is 39.7 Å². The maximum absolute atomic E-state index is 14.4. The number of carbonyl (C=O) groups excluding carboxylic acids is 1. The molecular weight excluding hydrogens is 659 g/mol. The van der Waals surface area contributed by atoms with Gasteiger partial charge in [-0.15, -0.1) is 11.8 Å². The third-order valence-corrected chi connectivity index (χ3v) is 11.6. The second-order valence-corrected chi connectivity index (χ2v) is 15.2. The van der Waals surface area contributed by atoms with Crippen molar-refractivity contribution in [3.05, 3.63) is 82.0 Å². The van der Waals surface area contributed by atoms with E-state index in [1.807, 2.05) is 18.4 Å². The average Bonchev–Trinajstić information content (AvgIpc) is 3.83. The molecule has 4 heterocycles. The second kappa shape index (κ2) is 15.2. The topological polar surface area (TPSA) is 97.3 Å². The number of carbonyl (C=O) groups is 1. The van der Waals surface area contributed by atoms with E-state index in [-0.39, 0.29) is 18.9 Å². The maximum atomic E-state index is 14.4. The number of rotatable bonds is 11. The lowest BCUT2D eigenvalue weighted by Gasteiger charge is -2.27. The molecule has 1 unspecified atom stereocenters. The molecule has 2 aromatic carbocycles. The third-order valence-electron chi connectivity index (χ3n) is 10.5. The first kappa shape index (κ1) is 34.0. The molecule has 1 aliphatic carbocycles. The summed E-state index contributed by atoms with van der Waals surface area (Å²) in [7, 11) is 0. The van der Waals surface area contributed by atoms with E-state index in [1.165, 1.54) is 56.9 Å². The lowest BCUT2D eigenvalue weighted by atomic mass is 9.80. The lowest BCUT2D eigenvalue weighted by Crippen LogP contribution is -2.39. The number of alkyl halides is 1. The number of aromatic nitrogens is 4. The van der Waals surface area contributed by atoms with Gasteiger partial charge in [0.1, 0.15) is 12.0 Å². The number of aliphatic hydroxyl groups excluding tert-OH is 1. The van der Waals surface area contributed by atoms with Crippen LogP contribution in [0.25, 0.3) is 22.0 Å². The fourth-order valence-electron chi connectivity index (χ4n) is 7.70. The number of aliphatic hydroxyl groups is 1. The van der Waals surface area contributed by atoms with E-state index in [2.05, 4.69) is 39.6 Å². The van der Waals surface area contributed by atoms with Gasteiger partial charge < -0.3 is 15.0 Å². The molecule has 2 aromatic heterocycles. The van der Waals surface area contributed by atoms with Crippen molar-refractivity contribution in [3.63, 3.8) is 0 Å². The zero-order chi connectivity index (χ0) is 33.9. The van der Waals surface area contributed by atoms with Crippen LogP contribution in [0.2, 0.25) is 5.02 Å². The Kier molecular flexibility index (Phi) is 10.5. The van der Waals surface area contributed by atoms with Crippen LogP contribution >= 0.6 is 23.4 Å². The molecule has 0 radical (unpaired) electrons. The van der Waals surface area contributed by atoms with Crippen LogP contribution in [0, 0.1) is 18.8 Å². The number of nitrogens with one attached hydrogen (secondary N) is 1. The standard InChI is InChI=1S/C38H44ClFN6O2S/c1-24-30(28-13-11-26(12-14-28)6-4-2-3-5-25-7-9-27(21-47)10-8-25)18-32(39)31-20-46(44-35(24)31)37(38(48)43-34-22-49-16-15-41-34)36-33-17-29(40)19-45(33)23-42-36/h11-16,18,20,23,25,27,29,37,47H,2-10,17,19,21-22H2,1H3,(H,41,43,48)/t25?,27?,29-,37?/m1/s1. The molecule has 7 rings (SSSR count). The average molecular weight is 703 g/mol. The summed E-state index contributed by atoms with van der Waals surface area (Å²) in [6.07, 6.45) is 15.3. The Hall–Kier alpha value is -3.47. The number of aryl methyl sites for hydroxylation is 2. The van der Waals surface area contributed by atoms with Gasteiger partial charge in [-0.25, -0.2) is 14.4 Å². The Balaban J connectivity index is 1.07. The molecule has 2 aliphatic heterocycles. The minimum atomic E-state index is -1.01. The van der Waals surface area contributed by atoms with Crippen molar-refractivity contribution in [1.82, 2.24) is 24.6 Å². The van der Waals surface area contributed by atoms with Gasteiger partial charge in [-0.05, 0) is 78.2 Å². The van der Waals surface area contributed by atoms with Crippen molar-refractivity contribution in [2.75, 3.05) is 12.4 Å². The van der Waals surface area contributed by atoms with Crippen LogP contribution in [-0.4, -0.2) is 54.7 Å². The molecule has 1 fully saturated rings. The van der Waals surface area contributed by atoms with Crippen LogP contribution in [0.15, 0.2) is 59.5 Å². The molecule has 1 saturated carbocycles. The van der Waals surface area contributed by atoms with Gasteiger partial charge in [0.05, 0.1) is 34.9 Å². The smallest absolute Gasteiger partial charge is 0.256 e. The fourth-order valence-corrected chi connectivity index (χ4v) is 8.50. The van der Waals surface area contributed by atoms with Crippen molar-refractivity contribution < 1.29 is 14.3 Å². The Labute approximate surface area is 296 Å². The van der Waals surface area contributed by atoms with E-state index in [4.69, 9.17) is 16.7 Å². The summed E-state index contributed by atoms with van der Waals surface area (Å²) in [6.45, 7) is 2.62. The van der Waals surface area contributed by atoms with Crippen LogP contribution in [0.4, 0.5) is 4.39 Å². The summed E-state index contributed by atoms with van der Waals surface area (Å²) in [4.78, 5) is 22.8. The second-order valence-electron chi connectivity index (χ2n) is 13.9. The predicted octanol–water partition coefficient (Wildman–Crippen LogP) is 7.98. The zero-order valence-corrected chi connectivity index (χ0v) is 29.5. The molecule has 0 spiro atoms. The summed E-state index contributed by atoms with van der Waals surface area (Å²) in [6, 6.07) is 9.79. The first-order valence-electron chi connectivity index (χ1n) is 17.6. The number of amides is 1. The number of imidazole rings is 1. The van der Waals surface area contributed by atoms with E-state index in [9.17, 15) is 14.3 Å². The number of fused-ring (bicyclic) bond motifs is 2. The Morgan fingerprint density at radius 2 is 1.94 bits per heavy atom. The Morgan fingerprint density at radius 3 is 2.69 bits per heavy atom. The number of nitrogens with zero attached hydrogens (tertiary/aromatic N) is 5. The minimum Gasteiger partial charge on any atom is -0.396 e. The molecule has 3 aliphatic rings. The van der Waals surface area contributed by atoms with Gasteiger partial charge in [-0.3, -0.25) is 9.48 Å². The molecule has 49 heavy (non-hydrogen) atoms. The van der Waals surface area contributed by atoms with Crippen LogP contribution in [0.3, 0.4) is 0 Å². The quantitative estimate of drug-likeness (QED) is 0.155. The molecule has 258 valence electrons. The molecule has 2 atom stereocenters. The summed E-state index contributed by atoms with van der Waals surface area (Å²) in [5, 5.41) is 20.5. The van der Waals surface area contributed by atoms with Crippen molar-refractivity contribution in [1.29, 1.82) is 0 Å². The van der Waals surface area contributed by atoms with Gasteiger partial charge in [-0.1, -0.05) is 68.0 Å². The highest BCUT2D eigenvalue weighted by atomic mass is 35.5. The van der Waals surface area contributed by atoms with Gasteiger partial charge in [0.25, 0.3) is 5.91 Å². The Morgan fingerprint density at radius 1 is 1.14 bits per heavy atom. The van der Waals surface area contributed by atoms with E-state index in [0.29, 0.717) is 46.0 Å². The number of amidine groups is 1. The molecule has 0 saturated heterocycles. The lowest BCUT2D eigenvalue weighted by molar-refractivity contribution is -0.122. The summed E-state index contributed by atoms with van der Waals surface area (Å²) in [5.74, 6) is 2.14. The highest BCUT2D eigenvalue weighted by molar-refractivity contribution is 8.02. The predicted molar refractivity (Wildman–Crippen MR) is 196 cm³/mol. The minimum absolute atomic E-state index is 0.201. The fraction of sp³-hybridized carbons (Fsp3) is 0.474. The first-order valence-corrected chi connectivity index (χ1v) is 19.0. The highest BCUT2D eigenvalue weighted by Crippen LogP contribution is 2.37. The van der Waals surface area contributed by atoms with Crippen LogP contribution in [-0.2, 0) is 24.2 Å².